The molecule has 0 spiro atoms. The summed E-state index contributed by atoms with van der Waals surface area (Å²) in [5.74, 6) is 0.623. The molecule has 118 valence electrons. The molecular formula is C15H25N3O2S. The summed E-state index contributed by atoms with van der Waals surface area (Å²) >= 11 is 0. The van der Waals surface area contributed by atoms with Crippen LogP contribution >= 0.6 is 0 Å². The molecule has 1 atom stereocenters. The minimum Gasteiger partial charge on any atom is -0.383 e. The van der Waals surface area contributed by atoms with Crippen LogP contribution in [0, 0.1) is 11.3 Å². The molecule has 1 aromatic rings. The Kier molecular flexibility index (Phi) is 4.58. The first-order valence-corrected chi connectivity index (χ1v) is 8.87. The maximum absolute atomic E-state index is 12.7. The van der Waals surface area contributed by atoms with Gasteiger partial charge in [0.15, 0.2) is 0 Å². The van der Waals surface area contributed by atoms with Gasteiger partial charge in [-0.2, -0.15) is 4.31 Å². The summed E-state index contributed by atoms with van der Waals surface area (Å²) in [5, 5.41) is 0. The molecule has 0 aliphatic carbocycles. The van der Waals surface area contributed by atoms with Crippen LogP contribution < -0.4 is 5.73 Å². The summed E-state index contributed by atoms with van der Waals surface area (Å²) in [6.07, 6.45) is 4.36. The molecule has 2 N–H and O–H groups in total. The van der Waals surface area contributed by atoms with E-state index in [4.69, 9.17) is 5.73 Å². The van der Waals surface area contributed by atoms with E-state index in [9.17, 15) is 8.42 Å². The molecule has 1 saturated heterocycles. The molecule has 0 radical (unpaired) electrons. The minimum atomic E-state index is -3.54. The Hall–Kier alpha value is -1.14. The average Bonchev–Trinajstić information content (AvgIpc) is 2.64. The lowest BCUT2D eigenvalue weighted by molar-refractivity contribution is 0.217. The van der Waals surface area contributed by atoms with Crippen molar-refractivity contribution >= 4 is 15.8 Å². The van der Waals surface area contributed by atoms with E-state index in [2.05, 4.69) is 25.8 Å². The summed E-state index contributed by atoms with van der Waals surface area (Å²) in [7, 11) is -3.54. The number of pyridine rings is 1. The normalized spacial score (nSPS) is 22.0. The topological polar surface area (TPSA) is 76.3 Å². The fourth-order valence-corrected chi connectivity index (χ4v) is 4.50. The van der Waals surface area contributed by atoms with E-state index in [1.165, 1.54) is 12.3 Å². The number of aromatic nitrogens is 1. The van der Waals surface area contributed by atoms with Crippen LogP contribution in [0.5, 0.6) is 0 Å². The summed E-state index contributed by atoms with van der Waals surface area (Å²) in [5.41, 5.74) is 5.95. The van der Waals surface area contributed by atoms with Gasteiger partial charge >= 0.3 is 0 Å². The molecule has 0 aromatic carbocycles. The van der Waals surface area contributed by atoms with E-state index in [1.54, 1.807) is 10.4 Å². The molecule has 1 aliphatic rings. The molecule has 0 amide bonds. The van der Waals surface area contributed by atoms with E-state index >= 15 is 0 Å². The van der Waals surface area contributed by atoms with Crippen LogP contribution in [0.4, 0.5) is 5.82 Å². The van der Waals surface area contributed by atoms with Gasteiger partial charge in [-0.1, -0.05) is 20.8 Å². The van der Waals surface area contributed by atoms with Crippen LogP contribution in [0.2, 0.25) is 0 Å². The Morgan fingerprint density at radius 2 is 2.00 bits per heavy atom. The zero-order valence-electron chi connectivity index (χ0n) is 13.0. The quantitative estimate of drug-likeness (QED) is 0.910. The van der Waals surface area contributed by atoms with Gasteiger partial charge in [0.25, 0.3) is 0 Å². The highest BCUT2D eigenvalue weighted by Gasteiger charge is 2.32. The van der Waals surface area contributed by atoms with Crippen molar-refractivity contribution in [3.63, 3.8) is 0 Å². The number of nitrogens with zero attached hydrogens (tertiary/aromatic N) is 2. The zero-order chi connectivity index (χ0) is 15.7. The van der Waals surface area contributed by atoms with Gasteiger partial charge in [0.1, 0.15) is 10.7 Å². The van der Waals surface area contributed by atoms with E-state index in [1.807, 2.05) is 0 Å². The second kappa shape index (κ2) is 5.93. The van der Waals surface area contributed by atoms with Crippen molar-refractivity contribution in [2.24, 2.45) is 11.3 Å². The van der Waals surface area contributed by atoms with Gasteiger partial charge in [0, 0.05) is 19.3 Å². The van der Waals surface area contributed by atoms with E-state index < -0.39 is 10.0 Å². The standard InChI is InChI=1S/C15H25N3O2S/c1-15(2,3)12-6-5-10-18(11-8-12)21(19,20)13-7-4-9-17-14(13)16/h4,7,9,12H,5-6,8,10-11H2,1-3H3,(H2,16,17). The summed E-state index contributed by atoms with van der Waals surface area (Å²) < 4.78 is 27.0. The first kappa shape index (κ1) is 16.2. The maximum atomic E-state index is 12.7. The van der Waals surface area contributed by atoms with Crippen molar-refractivity contribution in [1.29, 1.82) is 0 Å². The van der Waals surface area contributed by atoms with Gasteiger partial charge in [-0.05, 0) is 42.7 Å². The predicted octanol–water partition coefficient (Wildman–Crippen LogP) is 2.50. The maximum Gasteiger partial charge on any atom is 0.246 e. The molecule has 1 aromatic heterocycles. The number of anilines is 1. The van der Waals surface area contributed by atoms with Crippen molar-refractivity contribution < 1.29 is 8.42 Å². The Balaban J connectivity index is 2.21. The largest absolute Gasteiger partial charge is 0.383 e. The average molecular weight is 311 g/mol. The smallest absolute Gasteiger partial charge is 0.246 e. The molecule has 6 heteroatoms. The molecule has 2 heterocycles. The molecule has 1 unspecified atom stereocenters. The fourth-order valence-electron chi connectivity index (χ4n) is 2.94. The number of hydrogen-bond donors (Lipinski definition) is 1. The molecule has 21 heavy (non-hydrogen) atoms. The number of sulfonamides is 1. The predicted molar refractivity (Wildman–Crippen MR) is 84.2 cm³/mol. The molecule has 1 fully saturated rings. The number of nitrogens with two attached hydrogens (primary N) is 1. The van der Waals surface area contributed by atoms with Crippen molar-refractivity contribution in [2.75, 3.05) is 18.8 Å². The Morgan fingerprint density at radius 1 is 1.29 bits per heavy atom. The van der Waals surface area contributed by atoms with Crippen molar-refractivity contribution in [3.05, 3.63) is 18.3 Å². The summed E-state index contributed by atoms with van der Waals surface area (Å²) in [6.45, 7) is 7.78. The van der Waals surface area contributed by atoms with Crippen molar-refractivity contribution in [1.82, 2.24) is 9.29 Å². The highest BCUT2D eigenvalue weighted by molar-refractivity contribution is 7.89. The van der Waals surface area contributed by atoms with Gasteiger partial charge in [-0.3, -0.25) is 0 Å². The SMILES string of the molecule is CC(C)(C)C1CCCN(S(=O)(=O)c2cccnc2N)CC1. The van der Waals surface area contributed by atoms with E-state index in [0.29, 0.717) is 19.0 Å². The van der Waals surface area contributed by atoms with Crippen molar-refractivity contribution in [2.45, 2.75) is 44.9 Å². The van der Waals surface area contributed by atoms with Gasteiger partial charge in [0.2, 0.25) is 10.0 Å². The van der Waals surface area contributed by atoms with Gasteiger partial charge in [0.05, 0.1) is 0 Å². The monoisotopic (exact) mass is 311 g/mol. The summed E-state index contributed by atoms with van der Waals surface area (Å²) in [4.78, 5) is 4.01. The molecule has 1 aliphatic heterocycles. The van der Waals surface area contributed by atoms with Crippen LogP contribution in [-0.4, -0.2) is 30.8 Å². The molecule has 5 nitrogen and oxygen atoms in total. The van der Waals surface area contributed by atoms with Crippen molar-refractivity contribution in [3.8, 4) is 0 Å². The molecule has 0 bridgehead atoms. The highest BCUT2D eigenvalue weighted by Crippen LogP contribution is 2.35. The first-order valence-electron chi connectivity index (χ1n) is 7.43. The van der Waals surface area contributed by atoms with Gasteiger partial charge in [-0.25, -0.2) is 13.4 Å². The van der Waals surface area contributed by atoms with Crippen LogP contribution in [-0.2, 0) is 10.0 Å². The number of nitrogen functional groups attached to an aromatic ring is 1. The van der Waals surface area contributed by atoms with Crippen LogP contribution in [0.15, 0.2) is 23.2 Å². The molecule has 2 rings (SSSR count). The molecular weight excluding hydrogens is 286 g/mol. The Bertz CT molecular complexity index is 593. The van der Waals surface area contributed by atoms with Gasteiger partial charge in [-0.15, -0.1) is 0 Å². The molecule has 0 saturated carbocycles. The first-order chi connectivity index (χ1) is 9.73. The summed E-state index contributed by atoms with van der Waals surface area (Å²) in [6, 6.07) is 3.14. The van der Waals surface area contributed by atoms with Crippen LogP contribution in [0.1, 0.15) is 40.0 Å². The number of rotatable bonds is 2. The fraction of sp³-hybridized carbons (Fsp3) is 0.667. The highest BCUT2D eigenvalue weighted by atomic mass is 32.2. The third-order valence-corrected chi connectivity index (χ3v) is 6.28. The van der Waals surface area contributed by atoms with Crippen LogP contribution in [0.25, 0.3) is 0 Å². The second-order valence-electron chi connectivity index (χ2n) is 6.78. The Labute approximate surface area is 127 Å². The third kappa shape index (κ3) is 3.55. The number of hydrogen-bond acceptors (Lipinski definition) is 4. The van der Waals surface area contributed by atoms with Gasteiger partial charge < -0.3 is 5.73 Å². The van der Waals surface area contributed by atoms with E-state index in [-0.39, 0.29) is 16.1 Å². The lowest BCUT2D eigenvalue weighted by atomic mass is 9.77. The van der Waals surface area contributed by atoms with E-state index in [0.717, 1.165) is 19.3 Å². The zero-order valence-corrected chi connectivity index (χ0v) is 13.9. The Morgan fingerprint density at radius 3 is 2.62 bits per heavy atom. The minimum absolute atomic E-state index is 0.0779. The third-order valence-electron chi connectivity index (χ3n) is 4.33. The lowest BCUT2D eigenvalue weighted by Crippen LogP contribution is -2.33. The second-order valence-corrected chi connectivity index (χ2v) is 8.69. The lowest BCUT2D eigenvalue weighted by Gasteiger charge is -2.29. The van der Waals surface area contributed by atoms with Crippen LogP contribution in [0.3, 0.4) is 0 Å².